The average Bonchev–Trinajstić information content (AvgIpc) is 2.88. The zero-order valence-corrected chi connectivity index (χ0v) is 13.2. The molecule has 1 heterocycles. The standard InChI is InChI=1S/C18H16N2S/c1-12-16(13-7-5-4-6-8-13)14-9-10-20(2)17(14)15(11-19)18(12)21-3/h4-10H,1-3H3. The lowest BCUT2D eigenvalue weighted by molar-refractivity contribution is 0.964. The summed E-state index contributed by atoms with van der Waals surface area (Å²) in [5.74, 6) is 0. The second-order valence-electron chi connectivity index (χ2n) is 5.08. The molecule has 3 aromatic rings. The van der Waals surface area contributed by atoms with Crippen LogP contribution in [-0.4, -0.2) is 10.8 Å². The Morgan fingerprint density at radius 2 is 1.86 bits per heavy atom. The van der Waals surface area contributed by atoms with E-state index in [2.05, 4.69) is 43.3 Å². The van der Waals surface area contributed by atoms with Crippen molar-refractivity contribution >= 4 is 22.7 Å². The summed E-state index contributed by atoms with van der Waals surface area (Å²) in [6.45, 7) is 2.11. The number of hydrogen-bond acceptors (Lipinski definition) is 2. The van der Waals surface area contributed by atoms with Crippen LogP contribution in [0.15, 0.2) is 47.5 Å². The first kappa shape index (κ1) is 13.8. The summed E-state index contributed by atoms with van der Waals surface area (Å²) in [7, 11) is 2.00. The number of nitrogens with zero attached hydrogens (tertiary/aromatic N) is 2. The minimum absolute atomic E-state index is 0.780. The van der Waals surface area contributed by atoms with Crippen molar-refractivity contribution in [1.29, 1.82) is 5.26 Å². The molecule has 0 amide bonds. The number of fused-ring (bicyclic) bond motifs is 1. The first-order valence-corrected chi connectivity index (χ1v) is 8.02. The molecule has 104 valence electrons. The molecule has 0 spiro atoms. The van der Waals surface area contributed by atoms with E-state index >= 15 is 0 Å². The molecule has 2 aromatic carbocycles. The lowest BCUT2D eigenvalue weighted by Gasteiger charge is -2.15. The van der Waals surface area contributed by atoms with Gasteiger partial charge in [0.05, 0.1) is 11.1 Å². The maximum atomic E-state index is 9.60. The Bertz CT molecular complexity index is 855. The van der Waals surface area contributed by atoms with Crippen molar-refractivity contribution in [1.82, 2.24) is 4.57 Å². The fraction of sp³-hybridized carbons (Fsp3) is 0.167. The van der Waals surface area contributed by atoms with Crippen LogP contribution in [0.4, 0.5) is 0 Å². The molecule has 0 atom stereocenters. The van der Waals surface area contributed by atoms with Crippen molar-refractivity contribution in [2.45, 2.75) is 11.8 Å². The Hall–Kier alpha value is -2.18. The van der Waals surface area contributed by atoms with E-state index in [1.54, 1.807) is 11.8 Å². The highest BCUT2D eigenvalue weighted by Gasteiger charge is 2.19. The Morgan fingerprint density at radius 3 is 2.48 bits per heavy atom. The highest BCUT2D eigenvalue weighted by atomic mass is 32.2. The van der Waals surface area contributed by atoms with Gasteiger partial charge in [0.25, 0.3) is 0 Å². The SMILES string of the molecule is CSc1c(C)c(-c2ccccc2)c2ccn(C)c2c1C#N. The summed E-state index contributed by atoms with van der Waals surface area (Å²) < 4.78 is 2.04. The monoisotopic (exact) mass is 292 g/mol. The summed E-state index contributed by atoms with van der Waals surface area (Å²) >= 11 is 1.65. The summed E-state index contributed by atoms with van der Waals surface area (Å²) in [6.07, 6.45) is 4.06. The van der Waals surface area contributed by atoms with Gasteiger partial charge in [-0.3, -0.25) is 0 Å². The first-order chi connectivity index (χ1) is 10.2. The highest BCUT2D eigenvalue weighted by molar-refractivity contribution is 7.98. The van der Waals surface area contributed by atoms with Gasteiger partial charge in [-0.25, -0.2) is 0 Å². The van der Waals surface area contributed by atoms with E-state index in [0.29, 0.717) is 0 Å². The van der Waals surface area contributed by atoms with E-state index in [1.165, 1.54) is 16.7 Å². The van der Waals surface area contributed by atoms with E-state index in [0.717, 1.165) is 21.4 Å². The molecule has 0 aliphatic carbocycles. The van der Waals surface area contributed by atoms with Crippen LogP contribution in [0.5, 0.6) is 0 Å². The number of rotatable bonds is 2. The zero-order chi connectivity index (χ0) is 15.0. The second kappa shape index (κ2) is 5.31. The van der Waals surface area contributed by atoms with Crippen molar-refractivity contribution in [2.24, 2.45) is 7.05 Å². The molecule has 21 heavy (non-hydrogen) atoms. The molecule has 0 aliphatic rings. The lowest BCUT2D eigenvalue weighted by Crippen LogP contribution is -1.96. The third kappa shape index (κ3) is 2.03. The van der Waals surface area contributed by atoms with Gasteiger partial charge in [0.15, 0.2) is 0 Å². The number of aromatic nitrogens is 1. The molecule has 0 saturated carbocycles. The maximum absolute atomic E-state index is 9.60. The van der Waals surface area contributed by atoms with Gasteiger partial charge in [0, 0.05) is 23.5 Å². The van der Waals surface area contributed by atoms with Crippen LogP contribution in [0.2, 0.25) is 0 Å². The van der Waals surface area contributed by atoms with Crippen molar-refractivity contribution in [3.05, 3.63) is 53.7 Å². The second-order valence-corrected chi connectivity index (χ2v) is 5.89. The van der Waals surface area contributed by atoms with Crippen molar-refractivity contribution in [2.75, 3.05) is 6.26 Å². The van der Waals surface area contributed by atoms with Crippen LogP contribution < -0.4 is 0 Å². The van der Waals surface area contributed by atoms with Crippen LogP contribution in [0, 0.1) is 18.3 Å². The predicted octanol–water partition coefficient (Wildman–Crippen LogP) is 4.75. The van der Waals surface area contributed by atoms with Crippen LogP contribution in [0.1, 0.15) is 11.1 Å². The summed E-state index contributed by atoms with van der Waals surface area (Å²) in [5, 5.41) is 10.7. The fourth-order valence-corrected chi connectivity index (χ4v) is 3.74. The largest absolute Gasteiger partial charge is 0.349 e. The van der Waals surface area contributed by atoms with Gasteiger partial charge < -0.3 is 4.57 Å². The minimum atomic E-state index is 0.780. The molecule has 0 N–H and O–H groups in total. The lowest BCUT2D eigenvalue weighted by atomic mass is 9.94. The topological polar surface area (TPSA) is 28.7 Å². The van der Waals surface area contributed by atoms with Crippen molar-refractivity contribution < 1.29 is 0 Å². The van der Waals surface area contributed by atoms with E-state index in [-0.39, 0.29) is 0 Å². The van der Waals surface area contributed by atoms with Gasteiger partial charge in [-0.05, 0) is 35.9 Å². The van der Waals surface area contributed by atoms with Gasteiger partial charge >= 0.3 is 0 Å². The molecule has 0 saturated heterocycles. The highest BCUT2D eigenvalue weighted by Crippen LogP contribution is 2.40. The predicted molar refractivity (Wildman–Crippen MR) is 89.6 cm³/mol. The maximum Gasteiger partial charge on any atom is 0.103 e. The van der Waals surface area contributed by atoms with E-state index in [4.69, 9.17) is 0 Å². The molecule has 0 radical (unpaired) electrons. The van der Waals surface area contributed by atoms with E-state index in [9.17, 15) is 5.26 Å². The summed E-state index contributed by atoms with van der Waals surface area (Å²) in [6, 6.07) is 14.9. The first-order valence-electron chi connectivity index (χ1n) is 6.80. The van der Waals surface area contributed by atoms with Gasteiger partial charge in [-0.1, -0.05) is 30.3 Å². The molecule has 1 aromatic heterocycles. The number of thioether (sulfide) groups is 1. The average molecular weight is 292 g/mol. The van der Waals surface area contributed by atoms with Crippen LogP contribution in [0.25, 0.3) is 22.0 Å². The summed E-state index contributed by atoms with van der Waals surface area (Å²) in [4.78, 5) is 1.07. The zero-order valence-electron chi connectivity index (χ0n) is 12.3. The molecule has 3 rings (SSSR count). The number of benzene rings is 2. The van der Waals surface area contributed by atoms with Gasteiger partial charge in [-0.15, -0.1) is 11.8 Å². The van der Waals surface area contributed by atoms with Gasteiger partial charge in [0.2, 0.25) is 0 Å². The molecule has 0 aliphatic heterocycles. The Morgan fingerprint density at radius 1 is 1.14 bits per heavy atom. The van der Waals surface area contributed by atoms with Crippen molar-refractivity contribution in [3.63, 3.8) is 0 Å². The quantitative estimate of drug-likeness (QED) is 0.638. The van der Waals surface area contributed by atoms with E-state index < -0.39 is 0 Å². The normalized spacial score (nSPS) is 10.8. The molecule has 0 fully saturated rings. The van der Waals surface area contributed by atoms with Gasteiger partial charge in [-0.2, -0.15) is 5.26 Å². The smallest absolute Gasteiger partial charge is 0.103 e. The molecule has 0 bridgehead atoms. The molecule has 2 nitrogen and oxygen atoms in total. The Labute approximate surface area is 129 Å². The molecule has 3 heteroatoms. The number of aryl methyl sites for hydroxylation is 1. The third-order valence-electron chi connectivity index (χ3n) is 3.90. The Kier molecular flexibility index (Phi) is 3.48. The van der Waals surface area contributed by atoms with Crippen LogP contribution >= 0.6 is 11.8 Å². The Balaban J connectivity index is 2.52. The van der Waals surface area contributed by atoms with Crippen molar-refractivity contribution in [3.8, 4) is 17.2 Å². The summed E-state index contributed by atoms with van der Waals surface area (Å²) in [5.41, 5.74) is 5.41. The van der Waals surface area contributed by atoms with Crippen LogP contribution in [-0.2, 0) is 7.05 Å². The van der Waals surface area contributed by atoms with Gasteiger partial charge in [0.1, 0.15) is 6.07 Å². The third-order valence-corrected chi connectivity index (χ3v) is 4.82. The van der Waals surface area contributed by atoms with E-state index in [1.807, 2.05) is 30.1 Å². The number of hydrogen-bond donors (Lipinski definition) is 0. The minimum Gasteiger partial charge on any atom is -0.349 e. The molecule has 0 unspecified atom stereocenters. The number of nitriles is 1. The van der Waals surface area contributed by atoms with Crippen LogP contribution in [0.3, 0.4) is 0 Å². The molecular formula is C18H16N2S. The fourth-order valence-electron chi connectivity index (χ4n) is 2.99. The molecular weight excluding hydrogens is 276 g/mol.